The van der Waals surface area contributed by atoms with E-state index < -0.39 is 0 Å². The molecule has 3 rings (SSSR count). The third-order valence-electron chi connectivity index (χ3n) is 4.66. The predicted molar refractivity (Wildman–Crippen MR) is 117 cm³/mol. The number of carbonyl (C=O) groups is 1. The molecular weight excluding hydrogens is 386 g/mol. The molecule has 0 atom stereocenters. The number of aromatic nitrogens is 3. The monoisotopic (exact) mass is 411 g/mol. The summed E-state index contributed by atoms with van der Waals surface area (Å²) >= 11 is 3.21. The van der Waals surface area contributed by atoms with Crippen LogP contribution >= 0.6 is 23.5 Å². The van der Waals surface area contributed by atoms with Gasteiger partial charge >= 0.3 is 0 Å². The van der Waals surface area contributed by atoms with E-state index in [0.717, 1.165) is 34.4 Å². The zero-order valence-electron chi connectivity index (χ0n) is 16.7. The van der Waals surface area contributed by atoms with Gasteiger partial charge in [-0.15, -0.1) is 22.0 Å². The van der Waals surface area contributed by atoms with Crippen molar-refractivity contribution in [3.8, 4) is 0 Å². The number of carbonyl (C=O) groups excluding carboxylic acids is 1. The molecule has 0 fully saturated rings. The van der Waals surface area contributed by atoms with Crippen LogP contribution < -0.4 is 0 Å². The third kappa shape index (κ3) is 5.06. The first-order valence-electron chi connectivity index (χ1n) is 9.32. The molecule has 0 radical (unpaired) electrons. The molecule has 0 amide bonds. The Labute approximate surface area is 175 Å². The first-order valence-corrected chi connectivity index (χ1v) is 11.3. The molecule has 0 unspecified atom stereocenters. The summed E-state index contributed by atoms with van der Waals surface area (Å²) in [5.74, 6) is 2.19. The molecule has 2 aromatic carbocycles. The molecule has 6 heteroatoms. The average Bonchev–Trinajstić information content (AvgIpc) is 3.09. The van der Waals surface area contributed by atoms with E-state index in [9.17, 15) is 4.79 Å². The van der Waals surface area contributed by atoms with Gasteiger partial charge in [0.25, 0.3) is 0 Å². The lowest BCUT2D eigenvalue weighted by atomic mass is 10.0. The van der Waals surface area contributed by atoms with Crippen LogP contribution in [0, 0.1) is 20.8 Å². The summed E-state index contributed by atoms with van der Waals surface area (Å²) in [4.78, 5) is 13.8. The highest BCUT2D eigenvalue weighted by Gasteiger charge is 2.14. The van der Waals surface area contributed by atoms with Gasteiger partial charge in [-0.3, -0.25) is 4.79 Å². The Morgan fingerprint density at radius 3 is 2.39 bits per heavy atom. The van der Waals surface area contributed by atoms with Crippen LogP contribution in [0.15, 0.2) is 52.5 Å². The van der Waals surface area contributed by atoms with Gasteiger partial charge in [0.1, 0.15) is 5.82 Å². The molecule has 0 spiro atoms. The maximum Gasteiger partial charge on any atom is 0.191 e. The van der Waals surface area contributed by atoms with Crippen molar-refractivity contribution in [2.45, 2.75) is 50.0 Å². The number of thioether (sulfide) groups is 2. The molecule has 1 heterocycles. The molecule has 0 aliphatic heterocycles. The Morgan fingerprint density at radius 2 is 1.71 bits per heavy atom. The minimum absolute atomic E-state index is 0.120. The Morgan fingerprint density at radius 1 is 0.964 bits per heavy atom. The molecule has 1 aromatic heterocycles. The highest BCUT2D eigenvalue weighted by molar-refractivity contribution is 7.99. The molecule has 0 bridgehead atoms. The van der Waals surface area contributed by atoms with Gasteiger partial charge in [0, 0.05) is 17.0 Å². The molecule has 0 N–H and O–H groups in total. The van der Waals surface area contributed by atoms with Crippen LogP contribution in [0.3, 0.4) is 0 Å². The van der Waals surface area contributed by atoms with E-state index in [1.807, 2.05) is 25.1 Å². The van der Waals surface area contributed by atoms with Gasteiger partial charge in [0.15, 0.2) is 10.9 Å². The fourth-order valence-electron chi connectivity index (χ4n) is 2.76. The fraction of sp³-hybridized carbons (Fsp3) is 0.318. The van der Waals surface area contributed by atoms with Crippen molar-refractivity contribution in [1.29, 1.82) is 0 Å². The number of aryl methyl sites for hydroxylation is 3. The Kier molecular flexibility index (Phi) is 6.97. The number of hydrogen-bond donors (Lipinski definition) is 0. The van der Waals surface area contributed by atoms with Crippen molar-refractivity contribution < 1.29 is 4.79 Å². The quantitative estimate of drug-likeness (QED) is 0.362. The number of hydrogen-bond acceptors (Lipinski definition) is 5. The lowest BCUT2D eigenvalue weighted by Crippen LogP contribution is -2.06. The SMILES string of the molecule is CCn1c(CSc2ccc(C)cc2)nnc1SCC(=O)c1ccc(C)c(C)c1. The van der Waals surface area contributed by atoms with Crippen LogP contribution in [0.5, 0.6) is 0 Å². The number of ketones is 1. The first kappa shape index (κ1) is 20.7. The fourth-order valence-corrected chi connectivity index (χ4v) is 4.51. The summed E-state index contributed by atoms with van der Waals surface area (Å²) in [5, 5.41) is 9.48. The zero-order valence-corrected chi connectivity index (χ0v) is 18.4. The summed E-state index contributed by atoms with van der Waals surface area (Å²) in [7, 11) is 0. The largest absolute Gasteiger partial charge is 0.306 e. The predicted octanol–water partition coefficient (Wildman–Crippen LogP) is 5.49. The van der Waals surface area contributed by atoms with Crippen molar-refractivity contribution in [3.05, 3.63) is 70.5 Å². The van der Waals surface area contributed by atoms with Crippen molar-refractivity contribution in [2.24, 2.45) is 0 Å². The van der Waals surface area contributed by atoms with Crippen molar-refractivity contribution in [3.63, 3.8) is 0 Å². The van der Waals surface area contributed by atoms with Gasteiger partial charge in [0.2, 0.25) is 0 Å². The number of nitrogens with zero attached hydrogens (tertiary/aromatic N) is 3. The van der Waals surface area contributed by atoms with Crippen LogP contribution in [0.2, 0.25) is 0 Å². The van der Waals surface area contributed by atoms with Gasteiger partial charge < -0.3 is 4.57 Å². The van der Waals surface area contributed by atoms with Gasteiger partial charge in [-0.25, -0.2) is 0 Å². The molecule has 0 aliphatic carbocycles. The van der Waals surface area contributed by atoms with Crippen molar-refractivity contribution in [2.75, 3.05) is 5.75 Å². The molecule has 3 aromatic rings. The second-order valence-electron chi connectivity index (χ2n) is 6.76. The second-order valence-corrected chi connectivity index (χ2v) is 8.75. The molecule has 4 nitrogen and oxygen atoms in total. The molecule has 0 saturated carbocycles. The molecule has 0 saturated heterocycles. The highest BCUT2D eigenvalue weighted by Crippen LogP contribution is 2.25. The summed E-state index contributed by atoms with van der Waals surface area (Å²) in [6.45, 7) is 9.05. The van der Waals surface area contributed by atoms with E-state index in [2.05, 4.69) is 59.8 Å². The van der Waals surface area contributed by atoms with Crippen LogP contribution in [-0.4, -0.2) is 26.3 Å². The first-order chi connectivity index (χ1) is 13.5. The van der Waals surface area contributed by atoms with E-state index in [0.29, 0.717) is 5.75 Å². The number of benzene rings is 2. The summed E-state index contributed by atoms with van der Waals surface area (Å²) < 4.78 is 2.10. The van der Waals surface area contributed by atoms with E-state index in [1.54, 1.807) is 11.8 Å². The van der Waals surface area contributed by atoms with E-state index in [-0.39, 0.29) is 5.78 Å². The maximum atomic E-state index is 12.5. The second kappa shape index (κ2) is 9.43. The van der Waals surface area contributed by atoms with E-state index in [4.69, 9.17) is 0 Å². The minimum Gasteiger partial charge on any atom is -0.306 e. The standard InChI is InChI=1S/C22H25N3OS2/c1-5-25-21(14-27-19-10-6-15(2)7-11-19)23-24-22(25)28-13-20(26)18-9-8-16(3)17(4)12-18/h6-12H,5,13-14H2,1-4H3. The van der Waals surface area contributed by atoms with Crippen molar-refractivity contribution >= 4 is 29.3 Å². The van der Waals surface area contributed by atoms with Gasteiger partial charge in [-0.2, -0.15) is 0 Å². The molecule has 0 aliphatic rings. The zero-order chi connectivity index (χ0) is 20.1. The topological polar surface area (TPSA) is 47.8 Å². The third-order valence-corrected chi connectivity index (χ3v) is 6.63. The number of Topliss-reactive ketones (excluding diaryl/α,β-unsaturated/α-hetero) is 1. The molecule has 28 heavy (non-hydrogen) atoms. The smallest absolute Gasteiger partial charge is 0.191 e. The molecular formula is C22H25N3OS2. The lowest BCUT2D eigenvalue weighted by molar-refractivity contribution is 0.102. The lowest BCUT2D eigenvalue weighted by Gasteiger charge is -2.08. The Hall–Kier alpha value is -2.05. The van der Waals surface area contributed by atoms with Crippen LogP contribution in [0.25, 0.3) is 0 Å². The highest BCUT2D eigenvalue weighted by atomic mass is 32.2. The Bertz CT molecular complexity index is 964. The van der Waals surface area contributed by atoms with Gasteiger partial charge in [0.05, 0.1) is 11.5 Å². The molecule has 146 valence electrons. The minimum atomic E-state index is 0.120. The Balaban J connectivity index is 1.63. The van der Waals surface area contributed by atoms with Crippen molar-refractivity contribution in [1.82, 2.24) is 14.8 Å². The van der Waals surface area contributed by atoms with E-state index in [1.165, 1.54) is 27.8 Å². The van der Waals surface area contributed by atoms with E-state index >= 15 is 0 Å². The summed E-state index contributed by atoms with van der Waals surface area (Å²) in [5.41, 5.74) is 4.36. The van der Waals surface area contributed by atoms with Crippen LogP contribution in [-0.2, 0) is 12.3 Å². The van der Waals surface area contributed by atoms with Crippen LogP contribution in [0.1, 0.15) is 39.8 Å². The number of rotatable bonds is 8. The normalized spacial score (nSPS) is 11.0. The maximum absolute atomic E-state index is 12.5. The average molecular weight is 412 g/mol. The van der Waals surface area contributed by atoms with Gasteiger partial charge in [-0.05, 0) is 57.0 Å². The summed E-state index contributed by atoms with van der Waals surface area (Å²) in [6, 6.07) is 14.4. The van der Waals surface area contributed by atoms with Gasteiger partial charge in [-0.1, -0.05) is 41.6 Å². The summed E-state index contributed by atoms with van der Waals surface area (Å²) in [6.07, 6.45) is 0. The van der Waals surface area contributed by atoms with Crippen LogP contribution in [0.4, 0.5) is 0 Å².